The molecular weight excluding hydrogens is 508 g/mol. The van der Waals surface area contributed by atoms with Crippen molar-refractivity contribution in [2.75, 3.05) is 0 Å². The predicted molar refractivity (Wildman–Crippen MR) is 178 cm³/mol. The van der Waals surface area contributed by atoms with Crippen LogP contribution in [-0.4, -0.2) is 9.13 Å². The Labute approximate surface area is 243 Å². The second-order valence-electron chi connectivity index (χ2n) is 11.0. The van der Waals surface area contributed by atoms with Crippen molar-refractivity contribution < 1.29 is 0 Å². The minimum atomic E-state index is 1.15. The highest BCUT2D eigenvalue weighted by atomic mass is 15.0. The van der Waals surface area contributed by atoms with Crippen molar-refractivity contribution in [3.8, 4) is 22.6 Å². The molecule has 42 heavy (non-hydrogen) atoms. The van der Waals surface area contributed by atoms with Gasteiger partial charge in [0.1, 0.15) is 0 Å². The fourth-order valence-corrected chi connectivity index (χ4v) is 6.88. The molecule has 0 aliphatic heterocycles. The molecule has 0 radical (unpaired) electrons. The summed E-state index contributed by atoms with van der Waals surface area (Å²) in [5.74, 6) is 0. The van der Waals surface area contributed by atoms with Gasteiger partial charge in [-0.15, -0.1) is 0 Å². The fourth-order valence-electron chi connectivity index (χ4n) is 6.88. The van der Waals surface area contributed by atoms with Gasteiger partial charge in [-0.25, -0.2) is 0 Å². The quantitative estimate of drug-likeness (QED) is 0.200. The predicted octanol–water partition coefficient (Wildman–Crippen LogP) is 10.7. The highest BCUT2D eigenvalue weighted by Gasteiger charge is 2.22. The van der Waals surface area contributed by atoms with Crippen LogP contribution in [0.2, 0.25) is 0 Å². The van der Waals surface area contributed by atoms with Crippen molar-refractivity contribution in [2.24, 2.45) is 0 Å². The minimum Gasteiger partial charge on any atom is -0.307 e. The lowest BCUT2D eigenvalue weighted by atomic mass is 10.00. The standard InChI is InChI=1S/C40H26N2/c1-3-13-27(14-4-1)37-26-29-23-24-35-34-21-11-12-22-36(34)42(40(35)39(29)41(37)30-16-5-2-6-17-30)38-25-28-15-7-8-18-31(28)32-19-9-10-20-33(32)38/h1-26H. The molecule has 0 fully saturated rings. The first-order valence-electron chi connectivity index (χ1n) is 14.5. The van der Waals surface area contributed by atoms with Crippen LogP contribution in [0.1, 0.15) is 0 Å². The van der Waals surface area contributed by atoms with E-state index in [1.807, 2.05) is 0 Å². The largest absolute Gasteiger partial charge is 0.307 e. The summed E-state index contributed by atoms with van der Waals surface area (Å²) in [7, 11) is 0. The van der Waals surface area contributed by atoms with Crippen LogP contribution in [0.25, 0.3) is 76.9 Å². The van der Waals surface area contributed by atoms with Gasteiger partial charge >= 0.3 is 0 Å². The molecule has 9 aromatic rings. The molecule has 0 atom stereocenters. The lowest BCUT2D eigenvalue weighted by Gasteiger charge is -2.16. The van der Waals surface area contributed by atoms with Gasteiger partial charge in [0.05, 0.1) is 27.9 Å². The van der Waals surface area contributed by atoms with Gasteiger partial charge in [-0.3, -0.25) is 0 Å². The molecule has 2 heteroatoms. The van der Waals surface area contributed by atoms with E-state index in [-0.39, 0.29) is 0 Å². The summed E-state index contributed by atoms with van der Waals surface area (Å²) in [6.07, 6.45) is 0. The summed E-state index contributed by atoms with van der Waals surface area (Å²) in [6.45, 7) is 0. The highest BCUT2D eigenvalue weighted by molar-refractivity contribution is 6.21. The van der Waals surface area contributed by atoms with Gasteiger partial charge < -0.3 is 9.13 Å². The van der Waals surface area contributed by atoms with Crippen LogP contribution in [0.4, 0.5) is 0 Å². The number of benzene rings is 7. The molecule has 0 N–H and O–H groups in total. The second-order valence-corrected chi connectivity index (χ2v) is 11.0. The average Bonchev–Trinajstić information content (AvgIpc) is 3.62. The fraction of sp³-hybridized carbons (Fsp3) is 0. The first-order valence-corrected chi connectivity index (χ1v) is 14.5. The highest BCUT2D eigenvalue weighted by Crippen LogP contribution is 2.42. The van der Waals surface area contributed by atoms with Gasteiger partial charge in [-0.2, -0.15) is 0 Å². The van der Waals surface area contributed by atoms with Gasteiger partial charge in [0.15, 0.2) is 0 Å². The van der Waals surface area contributed by atoms with Crippen molar-refractivity contribution in [1.29, 1.82) is 0 Å². The Bertz CT molecular complexity index is 2440. The Kier molecular flexibility index (Phi) is 4.93. The number of fused-ring (bicyclic) bond motifs is 8. The first-order chi connectivity index (χ1) is 20.9. The zero-order chi connectivity index (χ0) is 27.6. The monoisotopic (exact) mass is 534 g/mol. The number of para-hydroxylation sites is 2. The topological polar surface area (TPSA) is 9.86 Å². The number of rotatable bonds is 3. The number of hydrogen-bond donors (Lipinski definition) is 0. The Balaban J connectivity index is 1.53. The Morgan fingerprint density at radius 2 is 1.00 bits per heavy atom. The van der Waals surface area contributed by atoms with Crippen LogP contribution in [0, 0.1) is 0 Å². The zero-order valence-corrected chi connectivity index (χ0v) is 22.9. The third-order valence-electron chi connectivity index (χ3n) is 8.67. The average molecular weight is 535 g/mol. The summed E-state index contributed by atoms with van der Waals surface area (Å²) < 4.78 is 4.96. The minimum absolute atomic E-state index is 1.15. The molecule has 2 aromatic heterocycles. The summed E-state index contributed by atoms with van der Waals surface area (Å²) >= 11 is 0. The molecule has 0 saturated carbocycles. The summed E-state index contributed by atoms with van der Waals surface area (Å²) in [5.41, 5.74) is 8.38. The van der Waals surface area contributed by atoms with Crippen molar-refractivity contribution >= 4 is 54.3 Å². The molecule has 0 bridgehead atoms. The normalized spacial score (nSPS) is 11.8. The third-order valence-corrected chi connectivity index (χ3v) is 8.67. The molecule has 0 aliphatic rings. The first kappa shape index (κ1) is 23.1. The van der Waals surface area contributed by atoms with E-state index in [0.29, 0.717) is 0 Å². The van der Waals surface area contributed by atoms with E-state index in [0.717, 1.165) is 5.69 Å². The van der Waals surface area contributed by atoms with E-state index < -0.39 is 0 Å². The van der Waals surface area contributed by atoms with Crippen LogP contribution in [0.15, 0.2) is 158 Å². The molecule has 0 saturated heterocycles. The molecule has 9 rings (SSSR count). The van der Waals surface area contributed by atoms with Crippen LogP contribution >= 0.6 is 0 Å². The van der Waals surface area contributed by atoms with E-state index in [2.05, 4.69) is 167 Å². The second kappa shape index (κ2) is 8.95. The van der Waals surface area contributed by atoms with Crippen LogP contribution in [0.5, 0.6) is 0 Å². The van der Waals surface area contributed by atoms with E-state index in [1.165, 1.54) is 71.2 Å². The van der Waals surface area contributed by atoms with E-state index >= 15 is 0 Å². The zero-order valence-electron chi connectivity index (χ0n) is 22.9. The van der Waals surface area contributed by atoms with Crippen LogP contribution in [0.3, 0.4) is 0 Å². The lowest BCUT2D eigenvalue weighted by Crippen LogP contribution is -2.01. The Hall–Kier alpha value is -5.60. The maximum atomic E-state index is 2.51. The van der Waals surface area contributed by atoms with Gasteiger partial charge in [-0.1, -0.05) is 127 Å². The number of nitrogens with zero attached hydrogens (tertiary/aromatic N) is 2. The van der Waals surface area contributed by atoms with Crippen molar-refractivity contribution in [1.82, 2.24) is 9.13 Å². The summed E-state index contributed by atoms with van der Waals surface area (Å²) in [5, 5.41) is 8.77. The van der Waals surface area contributed by atoms with Crippen molar-refractivity contribution in [3.05, 3.63) is 158 Å². The van der Waals surface area contributed by atoms with E-state index in [1.54, 1.807) is 0 Å². The Morgan fingerprint density at radius 1 is 0.357 bits per heavy atom. The summed E-state index contributed by atoms with van der Waals surface area (Å²) in [4.78, 5) is 0. The molecular formula is C40H26N2. The van der Waals surface area contributed by atoms with Crippen LogP contribution < -0.4 is 0 Å². The maximum Gasteiger partial charge on any atom is 0.0788 e. The number of aromatic nitrogens is 2. The number of hydrogen-bond acceptors (Lipinski definition) is 0. The SMILES string of the molecule is c1ccc(-c2cc3ccc4c5ccccc5n(-c5cc6ccccc6c6ccccc56)c4c3n2-c2ccccc2)cc1. The molecule has 2 nitrogen and oxygen atoms in total. The van der Waals surface area contributed by atoms with E-state index in [9.17, 15) is 0 Å². The molecule has 0 aliphatic carbocycles. The maximum absolute atomic E-state index is 2.51. The van der Waals surface area contributed by atoms with Crippen molar-refractivity contribution in [3.63, 3.8) is 0 Å². The van der Waals surface area contributed by atoms with Crippen LogP contribution in [-0.2, 0) is 0 Å². The third kappa shape index (κ3) is 3.27. The molecule has 196 valence electrons. The van der Waals surface area contributed by atoms with Gasteiger partial charge in [0, 0.05) is 27.2 Å². The Morgan fingerprint density at radius 3 is 1.81 bits per heavy atom. The van der Waals surface area contributed by atoms with Gasteiger partial charge in [0.2, 0.25) is 0 Å². The molecule has 2 heterocycles. The molecule has 0 unspecified atom stereocenters. The smallest absolute Gasteiger partial charge is 0.0788 e. The molecule has 0 amide bonds. The van der Waals surface area contributed by atoms with Gasteiger partial charge in [0.25, 0.3) is 0 Å². The lowest BCUT2D eigenvalue weighted by molar-refractivity contribution is 1.12. The van der Waals surface area contributed by atoms with Crippen molar-refractivity contribution in [2.45, 2.75) is 0 Å². The molecule has 0 spiro atoms. The van der Waals surface area contributed by atoms with Gasteiger partial charge in [-0.05, 0) is 52.1 Å². The van der Waals surface area contributed by atoms with E-state index in [4.69, 9.17) is 0 Å². The summed E-state index contributed by atoms with van der Waals surface area (Å²) in [6, 6.07) is 57.2. The molecule has 7 aromatic carbocycles.